The van der Waals surface area contributed by atoms with Crippen LogP contribution in [0.15, 0.2) is 0 Å². The summed E-state index contributed by atoms with van der Waals surface area (Å²) >= 11 is 0. The van der Waals surface area contributed by atoms with Gasteiger partial charge in [0, 0.05) is 18.6 Å². The Kier molecular flexibility index (Phi) is 5.15. The lowest BCUT2D eigenvalue weighted by Crippen LogP contribution is -2.59. The Labute approximate surface area is 112 Å². The van der Waals surface area contributed by atoms with E-state index < -0.39 is 5.54 Å². The van der Waals surface area contributed by atoms with Gasteiger partial charge in [0.15, 0.2) is 0 Å². The zero-order valence-electron chi connectivity index (χ0n) is 12.6. The van der Waals surface area contributed by atoms with Gasteiger partial charge in [-0.05, 0) is 53.9 Å². The Morgan fingerprint density at radius 1 is 1.33 bits per heavy atom. The number of nitriles is 1. The second-order valence-corrected chi connectivity index (χ2v) is 6.12. The fourth-order valence-electron chi connectivity index (χ4n) is 2.95. The predicted octanol–water partition coefficient (Wildman–Crippen LogP) is 1.29. The van der Waals surface area contributed by atoms with Crippen LogP contribution < -0.4 is 5.32 Å². The molecule has 0 spiro atoms. The summed E-state index contributed by atoms with van der Waals surface area (Å²) in [7, 11) is 6.46. The monoisotopic (exact) mass is 252 g/mol. The van der Waals surface area contributed by atoms with Crippen molar-refractivity contribution in [3.63, 3.8) is 0 Å². The summed E-state index contributed by atoms with van der Waals surface area (Å²) in [5, 5.41) is 12.6. The van der Waals surface area contributed by atoms with Gasteiger partial charge >= 0.3 is 0 Å². The van der Waals surface area contributed by atoms with E-state index in [4.69, 9.17) is 0 Å². The molecule has 0 saturated heterocycles. The Balaban J connectivity index is 2.55. The molecule has 1 N–H and O–H groups in total. The summed E-state index contributed by atoms with van der Waals surface area (Å²) in [6.07, 6.45) is 3.87. The quantitative estimate of drug-likeness (QED) is 0.741. The normalized spacial score (nSPS) is 21.4. The molecule has 1 unspecified atom stereocenters. The van der Waals surface area contributed by atoms with Crippen LogP contribution in [0.4, 0.5) is 0 Å². The number of likely N-dealkylation sites (N-methyl/N-ethyl adjacent to an activating group) is 3. The highest BCUT2D eigenvalue weighted by Gasteiger charge is 2.40. The average Bonchev–Trinajstić information content (AvgIpc) is 2.23. The van der Waals surface area contributed by atoms with Crippen LogP contribution in [0.5, 0.6) is 0 Å². The number of hydrogen-bond acceptors (Lipinski definition) is 4. The van der Waals surface area contributed by atoms with Crippen molar-refractivity contribution >= 4 is 0 Å². The summed E-state index contributed by atoms with van der Waals surface area (Å²) in [5.74, 6) is 0. The molecule has 0 radical (unpaired) electrons. The van der Waals surface area contributed by atoms with Crippen molar-refractivity contribution < 1.29 is 0 Å². The van der Waals surface area contributed by atoms with Crippen LogP contribution in [-0.2, 0) is 0 Å². The molecule has 0 aromatic carbocycles. The average molecular weight is 252 g/mol. The summed E-state index contributed by atoms with van der Waals surface area (Å²) < 4.78 is 0. The number of nitrogens with zero attached hydrogens (tertiary/aromatic N) is 3. The van der Waals surface area contributed by atoms with E-state index in [0.717, 1.165) is 19.6 Å². The van der Waals surface area contributed by atoms with E-state index in [0.29, 0.717) is 5.54 Å². The van der Waals surface area contributed by atoms with Crippen molar-refractivity contribution in [2.45, 2.75) is 44.2 Å². The molecule has 1 fully saturated rings. The lowest BCUT2D eigenvalue weighted by atomic mass is 9.75. The van der Waals surface area contributed by atoms with Crippen LogP contribution in [0.3, 0.4) is 0 Å². The first-order valence-corrected chi connectivity index (χ1v) is 6.90. The summed E-state index contributed by atoms with van der Waals surface area (Å²) in [6.45, 7) is 6.67. The summed E-state index contributed by atoms with van der Waals surface area (Å²) in [5.41, 5.74) is -0.113. The Hall–Kier alpha value is -0.630. The van der Waals surface area contributed by atoms with Gasteiger partial charge < -0.3 is 9.80 Å². The number of rotatable bonds is 7. The van der Waals surface area contributed by atoms with Crippen molar-refractivity contribution in [3.05, 3.63) is 0 Å². The smallest absolute Gasteiger partial charge is 0.116 e. The number of nitrogens with one attached hydrogen (secondary N) is 1. The van der Waals surface area contributed by atoms with Gasteiger partial charge in [-0.15, -0.1) is 0 Å². The van der Waals surface area contributed by atoms with E-state index in [2.05, 4.69) is 42.3 Å². The van der Waals surface area contributed by atoms with Crippen molar-refractivity contribution in [1.82, 2.24) is 15.1 Å². The fraction of sp³-hybridized carbons (Fsp3) is 0.929. The van der Waals surface area contributed by atoms with Gasteiger partial charge in [0.25, 0.3) is 0 Å². The third-order valence-corrected chi connectivity index (χ3v) is 4.20. The highest BCUT2D eigenvalue weighted by molar-refractivity contribution is 5.06. The minimum absolute atomic E-state index is 0.331. The maximum Gasteiger partial charge on any atom is 0.116 e. The van der Waals surface area contributed by atoms with Gasteiger partial charge in [-0.1, -0.05) is 6.92 Å². The molecular formula is C14H28N4. The highest BCUT2D eigenvalue weighted by Crippen LogP contribution is 2.36. The molecule has 104 valence electrons. The molecule has 1 saturated carbocycles. The summed E-state index contributed by atoms with van der Waals surface area (Å²) in [4.78, 5) is 4.65. The van der Waals surface area contributed by atoms with Crippen molar-refractivity contribution in [2.24, 2.45) is 0 Å². The Morgan fingerprint density at radius 2 is 1.94 bits per heavy atom. The third kappa shape index (κ3) is 3.44. The van der Waals surface area contributed by atoms with Crippen LogP contribution in [0.2, 0.25) is 0 Å². The van der Waals surface area contributed by atoms with Crippen LogP contribution >= 0.6 is 0 Å². The van der Waals surface area contributed by atoms with Gasteiger partial charge in [-0.3, -0.25) is 5.32 Å². The molecule has 0 heterocycles. The summed E-state index contributed by atoms with van der Waals surface area (Å²) in [6, 6.07) is 2.39. The van der Waals surface area contributed by atoms with E-state index in [9.17, 15) is 5.26 Å². The van der Waals surface area contributed by atoms with Crippen LogP contribution in [0.25, 0.3) is 0 Å². The van der Waals surface area contributed by atoms with Gasteiger partial charge in [0.05, 0.1) is 6.07 Å². The molecule has 0 amide bonds. The molecule has 1 aliphatic carbocycles. The SMILES string of the molecule is CCNC(C)(C#N)CN(C)CC1(N(C)C)CCC1. The largest absolute Gasteiger partial charge is 0.302 e. The predicted molar refractivity (Wildman–Crippen MR) is 75.5 cm³/mol. The molecule has 1 atom stereocenters. The first-order valence-electron chi connectivity index (χ1n) is 6.90. The van der Waals surface area contributed by atoms with Crippen molar-refractivity contribution in [1.29, 1.82) is 5.26 Å². The Bertz CT molecular complexity index is 303. The van der Waals surface area contributed by atoms with Gasteiger partial charge in [-0.2, -0.15) is 5.26 Å². The third-order valence-electron chi connectivity index (χ3n) is 4.20. The molecule has 0 aromatic heterocycles. The lowest BCUT2D eigenvalue weighted by Gasteiger charge is -2.50. The molecule has 18 heavy (non-hydrogen) atoms. The molecular weight excluding hydrogens is 224 g/mol. The molecule has 0 aliphatic heterocycles. The first-order chi connectivity index (χ1) is 8.37. The second kappa shape index (κ2) is 6.01. The lowest BCUT2D eigenvalue weighted by molar-refractivity contribution is 0.0238. The standard InChI is InChI=1S/C14H28N4/c1-6-16-13(2,10-15)11-18(5)12-14(17(3)4)8-7-9-14/h16H,6-9,11-12H2,1-5H3. The number of hydrogen-bond donors (Lipinski definition) is 1. The molecule has 4 nitrogen and oxygen atoms in total. The maximum absolute atomic E-state index is 9.29. The van der Waals surface area contributed by atoms with E-state index >= 15 is 0 Å². The van der Waals surface area contributed by atoms with Crippen LogP contribution in [0.1, 0.15) is 33.1 Å². The minimum Gasteiger partial charge on any atom is -0.302 e. The minimum atomic E-state index is -0.444. The van der Waals surface area contributed by atoms with E-state index in [1.54, 1.807) is 0 Å². The van der Waals surface area contributed by atoms with Gasteiger partial charge in [-0.25, -0.2) is 0 Å². The van der Waals surface area contributed by atoms with Gasteiger partial charge in [0.2, 0.25) is 0 Å². The van der Waals surface area contributed by atoms with E-state index in [1.165, 1.54) is 19.3 Å². The van der Waals surface area contributed by atoms with Crippen molar-refractivity contribution in [2.75, 3.05) is 40.8 Å². The molecule has 1 rings (SSSR count). The molecule has 0 bridgehead atoms. The van der Waals surface area contributed by atoms with E-state index in [-0.39, 0.29) is 0 Å². The molecule has 0 aromatic rings. The van der Waals surface area contributed by atoms with Crippen molar-refractivity contribution in [3.8, 4) is 6.07 Å². The molecule has 1 aliphatic rings. The molecule has 4 heteroatoms. The fourth-order valence-corrected chi connectivity index (χ4v) is 2.95. The zero-order chi connectivity index (χ0) is 13.8. The Morgan fingerprint density at radius 3 is 2.28 bits per heavy atom. The maximum atomic E-state index is 9.29. The topological polar surface area (TPSA) is 42.3 Å². The van der Waals surface area contributed by atoms with Gasteiger partial charge in [0.1, 0.15) is 5.54 Å². The van der Waals surface area contributed by atoms with Crippen LogP contribution in [-0.4, -0.2) is 61.7 Å². The van der Waals surface area contributed by atoms with E-state index in [1.807, 2.05) is 13.8 Å². The highest BCUT2D eigenvalue weighted by atomic mass is 15.2. The second-order valence-electron chi connectivity index (χ2n) is 6.12. The first kappa shape index (κ1) is 15.4. The van der Waals surface area contributed by atoms with Crippen LogP contribution in [0, 0.1) is 11.3 Å². The zero-order valence-corrected chi connectivity index (χ0v) is 12.6.